The maximum absolute atomic E-state index is 12.4. The fourth-order valence-corrected chi connectivity index (χ4v) is 3.08. The number of ether oxygens (including phenoxy) is 1. The fourth-order valence-electron chi connectivity index (χ4n) is 3.08. The molecule has 3 rings (SSSR count). The van der Waals surface area contributed by atoms with Crippen LogP contribution in [0.3, 0.4) is 0 Å². The number of imidazole rings is 1. The molecule has 0 aliphatic carbocycles. The van der Waals surface area contributed by atoms with Crippen LogP contribution in [0.4, 0.5) is 0 Å². The largest absolute Gasteiger partial charge is 0.497 e. The van der Waals surface area contributed by atoms with Crippen molar-refractivity contribution in [2.24, 2.45) is 0 Å². The fraction of sp³-hybridized carbons (Fsp3) is 0.300. The minimum absolute atomic E-state index is 0.0320. The van der Waals surface area contributed by atoms with Crippen LogP contribution in [0.25, 0.3) is 11.0 Å². The number of carbonyl (C=O) groups is 1. The number of nitrogens with one attached hydrogen (secondary N) is 1. The zero-order valence-electron chi connectivity index (χ0n) is 14.8. The summed E-state index contributed by atoms with van der Waals surface area (Å²) in [6.07, 6.45) is 0.313. The molecule has 1 heterocycles. The zero-order valence-corrected chi connectivity index (χ0v) is 14.8. The Bertz CT molecular complexity index is 886. The van der Waals surface area contributed by atoms with E-state index in [2.05, 4.69) is 22.9 Å². The molecule has 0 unspecified atom stereocenters. The summed E-state index contributed by atoms with van der Waals surface area (Å²) in [5, 5.41) is 3.05. The molecule has 3 aromatic rings. The van der Waals surface area contributed by atoms with Crippen LogP contribution in [0.15, 0.2) is 48.5 Å². The van der Waals surface area contributed by atoms with Gasteiger partial charge < -0.3 is 14.6 Å². The maximum Gasteiger partial charge on any atom is 0.224 e. The summed E-state index contributed by atoms with van der Waals surface area (Å²) >= 11 is 0. The van der Waals surface area contributed by atoms with Crippen LogP contribution in [-0.2, 0) is 17.8 Å². The van der Waals surface area contributed by atoms with Crippen LogP contribution in [0.2, 0.25) is 0 Å². The molecule has 0 radical (unpaired) electrons. The Kier molecular flexibility index (Phi) is 5.03. The minimum atomic E-state index is -0.162. The lowest BCUT2D eigenvalue weighted by molar-refractivity contribution is -0.121. The van der Waals surface area contributed by atoms with E-state index >= 15 is 0 Å². The maximum atomic E-state index is 12.4. The van der Waals surface area contributed by atoms with Crippen LogP contribution < -0.4 is 10.1 Å². The lowest BCUT2D eigenvalue weighted by Gasteiger charge is -2.15. The average molecular weight is 337 g/mol. The molecule has 1 atom stereocenters. The highest BCUT2D eigenvalue weighted by Gasteiger charge is 2.17. The molecule has 5 nitrogen and oxygen atoms in total. The van der Waals surface area contributed by atoms with Gasteiger partial charge in [-0.3, -0.25) is 4.79 Å². The van der Waals surface area contributed by atoms with Crippen LogP contribution >= 0.6 is 0 Å². The highest BCUT2D eigenvalue weighted by atomic mass is 16.5. The van der Waals surface area contributed by atoms with E-state index < -0.39 is 0 Å². The number of para-hydroxylation sites is 2. The van der Waals surface area contributed by atoms with E-state index in [4.69, 9.17) is 9.72 Å². The molecule has 130 valence electrons. The molecule has 0 fully saturated rings. The predicted molar refractivity (Wildman–Crippen MR) is 98.7 cm³/mol. The average Bonchev–Trinajstić information content (AvgIpc) is 3.00. The molecule has 0 saturated carbocycles. The Labute approximate surface area is 147 Å². The van der Waals surface area contributed by atoms with E-state index in [0.717, 1.165) is 34.7 Å². The van der Waals surface area contributed by atoms with Crippen molar-refractivity contribution < 1.29 is 9.53 Å². The van der Waals surface area contributed by atoms with E-state index in [-0.39, 0.29) is 11.9 Å². The Morgan fingerprint density at radius 3 is 2.80 bits per heavy atom. The molecular formula is C20H23N3O2. The zero-order chi connectivity index (χ0) is 17.8. The summed E-state index contributed by atoms with van der Waals surface area (Å²) in [4.78, 5) is 17.1. The second kappa shape index (κ2) is 7.38. The first kappa shape index (κ1) is 17.0. The number of hydrogen-bond donors (Lipinski definition) is 1. The number of fused-ring (bicyclic) bond motifs is 1. The Morgan fingerprint density at radius 1 is 1.24 bits per heavy atom. The van der Waals surface area contributed by atoms with Gasteiger partial charge in [-0.1, -0.05) is 24.3 Å². The third kappa shape index (κ3) is 3.65. The standard InChI is InChI=1S/C20H23N3O2/c1-4-23-18-11-6-5-10-17(18)22-20(23)14(2)21-19(24)13-15-8-7-9-16(12-15)25-3/h5-12,14H,4,13H2,1-3H3,(H,21,24)/t14-/m0/s1. The van der Waals surface area contributed by atoms with E-state index in [0.29, 0.717) is 6.42 Å². The van der Waals surface area contributed by atoms with E-state index in [1.165, 1.54) is 0 Å². The number of rotatable bonds is 6. The van der Waals surface area contributed by atoms with Crippen LogP contribution in [0.5, 0.6) is 5.75 Å². The summed E-state index contributed by atoms with van der Waals surface area (Å²) in [5.41, 5.74) is 2.97. The number of aromatic nitrogens is 2. The normalized spacial score (nSPS) is 12.1. The molecule has 0 aliphatic heterocycles. The van der Waals surface area contributed by atoms with E-state index in [1.54, 1.807) is 7.11 Å². The molecule has 0 saturated heterocycles. The molecule has 0 aliphatic rings. The van der Waals surface area contributed by atoms with Crippen molar-refractivity contribution in [3.8, 4) is 5.75 Å². The van der Waals surface area contributed by atoms with Crippen molar-refractivity contribution in [1.29, 1.82) is 0 Å². The van der Waals surface area contributed by atoms with Crippen LogP contribution in [0.1, 0.15) is 31.3 Å². The van der Waals surface area contributed by atoms with Gasteiger partial charge in [0.1, 0.15) is 11.6 Å². The van der Waals surface area contributed by atoms with E-state index in [9.17, 15) is 4.79 Å². The quantitative estimate of drug-likeness (QED) is 0.749. The SMILES string of the molecule is CCn1c([C@H](C)NC(=O)Cc2cccc(OC)c2)nc2ccccc21. The third-order valence-corrected chi connectivity index (χ3v) is 4.26. The number of hydrogen-bond acceptors (Lipinski definition) is 3. The summed E-state index contributed by atoms with van der Waals surface area (Å²) < 4.78 is 7.35. The van der Waals surface area contributed by atoms with Crippen molar-refractivity contribution in [3.05, 3.63) is 59.9 Å². The molecule has 0 bridgehead atoms. The molecule has 0 spiro atoms. The van der Waals surface area contributed by atoms with Gasteiger partial charge in [0.15, 0.2) is 0 Å². The Morgan fingerprint density at radius 2 is 2.04 bits per heavy atom. The second-order valence-electron chi connectivity index (χ2n) is 6.02. The van der Waals surface area contributed by atoms with Gasteiger partial charge in [0.25, 0.3) is 0 Å². The molecule has 5 heteroatoms. The number of methoxy groups -OCH3 is 1. The second-order valence-corrected chi connectivity index (χ2v) is 6.02. The number of amides is 1. The van der Waals surface area contributed by atoms with Crippen molar-refractivity contribution in [3.63, 3.8) is 0 Å². The number of nitrogens with zero attached hydrogens (tertiary/aromatic N) is 2. The number of carbonyl (C=O) groups excluding carboxylic acids is 1. The highest BCUT2D eigenvalue weighted by molar-refractivity contribution is 5.80. The third-order valence-electron chi connectivity index (χ3n) is 4.26. The van der Waals surface area contributed by atoms with Crippen LogP contribution in [0, 0.1) is 0 Å². The van der Waals surface area contributed by atoms with Gasteiger partial charge in [-0.25, -0.2) is 4.98 Å². The minimum Gasteiger partial charge on any atom is -0.497 e. The predicted octanol–water partition coefficient (Wildman–Crippen LogP) is 3.48. The van der Waals surface area contributed by atoms with Gasteiger partial charge in [0.2, 0.25) is 5.91 Å². The molecule has 1 aromatic heterocycles. The first-order chi connectivity index (χ1) is 12.1. The molecule has 1 N–H and O–H groups in total. The molecular weight excluding hydrogens is 314 g/mol. The number of aryl methyl sites for hydroxylation is 1. The van der Waals surface area contributed by atoms with Crippen molar-refractivity contribution in [1.82, 2.24) is 14.9 Å². The lowest BCUT2D eigenvalue weighted by Crippen LogP contribution is -2.30. The summed E-state index contributed by atoms with van der Waals surface area (Å²) in [6, 6.07) is 15.4. The molecule has 25 heavy (non-hydrogen) atoms. The summed E-state index contributed by atoms with van der Waals surface area (Å²) in [6.45, 7) is 4.87. The van der Waals surface area contributed by atoms with Gasteiger partial charge in [-0.2, -0.15) is 0 Å². The van der Waals surface area contributed by atoms with Gasteiger partial charge in [-0.15, -0.1) is 0 Å². The van der Waals surface area contributed by atoms with Gasteiger partial charge in [0.05, 0.1) is 30.6 Å². The monoisotopic (exact) mass is 337 g/mol. The first-order valence-corrected chi connectivity index (χ1v) is 8.49. The molecule has 2 aromatic carbocycles. The van der Waals surface area contributed by atoms with E-state index in [1.807, 2.05) is 49.4 Å². The van der Waals surface area contributed by atoms with Crippen LogP contribution in [-0.4, -0.2) is 22.6 Å². The topological polar surface area (TPSA) is 56.2 Å². The van der Waals surface area contributed by atoms with Gasteiger partial charge in [0, 0.05) is 6.54 Å². The Hall–Kier alpha value is -2.82. The van der Waals surface area contributed by atoms with Crippen molar-refractivity contribution >= 4 is 16.9 Å². The summed E-state index contributed by atoms with van der Waals surface area (Å²) in [7, 11) is 1.62. The highest BCUT2D eigenvalue weighted by Crippen LogP contribution is 2.21. The molecule has 1 amide bonds. The number of benzene rings is 2. The smallest absolute Gasteiger partial charge is 0.224 e. The van der Waals surface area contributed by atoms with Gasteiger partial charge in [-0.05, 0) is 43.7 Å². The summed E-state index contributed by atoms with van der Waals surface area (Å²) in [5.74, 6) is 1.60. The van der Waals surface area contributed by atoms with Gasteiger partial charge >= 0.3 is 0 Å². The first-order valence-electron chi connectivity index (χ1n) is 8.49. The lowest BCUT2D eigenvalue weighted by atomic mass is 10.1. The Balaban J connectivity index is 1.75. The van der Waals surface area contributed by atoms with Crippen molar-refractivity contribution in [2.75, 3.05) is 7.11 Å². The van der Waals surface area contributed by atoms with Crippen molar-refractivity contribution in [2.45, 2.75) is 32.9 Å².